The zero-order valence-electron chi connectivity index (χ0n) is 11.6. The van der Waals surface area contributed by atoms with Gasteiger partial charge in [-0.25, -0.2) is 0 Å². The van der Waals surface area contributed by atoms with Gasteiger partial charge in [0, 0.05) is 17.2 Å². The molecule has 0 aromatic carbocycles. The van der Waals surface area contributed by atoms with Crippen LogP contribution >= 0.6 is 11.3 Å². The summed E-state index contributed by atoms with van der Waals surface area (Å²) in [6.07, 6.45) is 6.83. The molecule has 0 radical (unpaired) electrons. The van der Waals surface area contributed by atoms with Crippen LogP contribution in [0.1, 0.15) is 18.7 Å². The van der Waals surface area contributed by atoms with E-state index >= 15 is 0 Å². The summed E-state index contributed by atoms with van der Waals surface area (Å²) in [6.45, 7) is 4.77. The topological polar surface area (TPSA) is 59.8 Å². The minimum absolute atomic E-state index is 0.0252. The Bertz CT molecular complexity index is 546. The van der Waals surface area contributed by atoms with E-state index in [9.17, 15) is 4.79 Å². The first-order chi connectivity index (χ1) is 9.65. The number of nitrogens with one attached hydrogen (secondary N) is 1. The summed E-state index contributed by atoms with van der Waals surface area (Å²) >= 11 is 1.60. The Hall–Kier alpha value is -1.95. The lowest BCUT2D eigenvalue weighted by atomic mass is 10.0. The molecular weight excluding hydrogens is 272 g/mol. The molecule has 0 aliphatic heterocycles. The van der Waals surface area contributed by atoms with Crippen LogP contribution in [-0.2, 0) is 11.3 Å². The van der Waals surface area contributed by atoms with Crippen LogP contribution in [-0.4, -0.2) is 26.9 Å². The summed E-state index contributed by atoms with van der Waals surface area (Å²) < 4.78 is 1.73. The molecular formula is C14H18N4OS. The van der Waals surface area contributed by atoms with Crippen LogP contribution in [0.4, 0.5) is 0 Å². The maximum absolute atomic E-state index is 11.9. The van der Waals surface area contributed by atoms with Gasteiger partial charge in [-0.05, 0) is 23.4 Å². The van der Waals surface area contributed by atoms with Gasteiger partial charge in [0.1, 0.15) is 0 Å². The zero-order valence-corrected chi connectivity index (χ0v) is 12.4. The number of carbonyl (C=O) groups is 1. The number of hydrogen-bond donors (Lipinski definition) is 1. The highest BCUT2D eigenvalue weighted by Crippen LogP contribution is 2.10. The SMILES string of the molecule is CC(C)C(Cn1ccnn1)NC(=O)C=Cc1cccs1. The van der Waals surface area contributed by atoms with Crippen molar-refractivity contribution in [1.29, 1.82) is 0 Å². The number of carbonyl (C=O) groups excluding carboxylic acids is 1. The summed E-state index contributed by atoms with van der Waals surface area (Å²) in [4.78, 5) is 13.0. The third kappa shape index (κ3) is 4.31. The van der Waals surface area contributed by atoms with Gasteiger partial charge < -0.3 is 5.32 Å². The molecule has 1 amide bonds. The van der Waals surface area contributed by atoms with Crippen molar-refractivity contribution in [3.63, 3.8) is 0 Å². The van der Waals surface area contributed by atoms with Gasteiger partial charge in [-0.2, -0.15) is 0 Å². The Morgan fingerprint density at radius 1 is 1.55 bits per heavy atom. The van der Waals surface area contributed by atoms with Crippen molar-refractivity contribution in [3.8, 4) is 0 Å². The summed E-state index contributed by atoms with van der Waals surface area (Å²) in [5.74, 6) is 0.232. The summed E-state index contributed by atoms with van der Waals surface area (Å²) in [6, 6.07) is 3.96. The first-order valence-electron chi connectivity index (χ1n) is 6.51. The predicted molar refractivity (Wildman–Crippen MR) is 80.1 cm³/mol. The highest BCUT2D eigenvalue weighted by atomic mass is 32.1. The smallest absolute Gasteiger partial charge is 0.244 e. The fraction of sp³-hybridized carbons (Fsp3) is 0.357. The van der Waals surface area contributed by atoms with E-state index in [4.69, 9.17) is 0 Å². The Kier molecular flexibility index (Phi) is 5.06. The van der Waals surface area contributed by atoms with Gasteiger partial charge in [0.05, 0.1) is 18.8 Å². The molecule has 0 fully saturated rings. The van der Waals surface area contributed by atoms with Crippen molar-refractivity contribution in [1.82, 2.24) is 20.3 Å². The van der Waals surface area contributed by atoms with E-state index < -0.39 is 0 Å². The number of aromatic nitrogens is 3. The average molecular weight is 290 g/mol. The van der Waals surface area contributed by atoms with Gasteiger partial charge in [0.25, 0.3) is 0 Å². The zero-order chi connectivity index (χ0) is 14.4. The largest absolute Gasteiger partial charge is 0.348 e. The van der Waals surface area contributed by atoms with Gasteiger partial charge in [0.15, 0.2) is 0 Å². The molecule has 2 aromatic rings. The highest BCUT2D eigenvalue weighted by molar-refractivity contribution is 7.10. The van der Waals surface area contributed by atoms with E-state index in [0.717, 1.165) is 4.88 Å². The Morgan fingerprint density at radius 2 is 2.40 bits per heavy atom. The molecule has 6 heteroatoms. The quantitative estimate of drug-likeness (QED) is 0.830. The number of rotatable bonds is 6. The van der Waals surface area contributed by atoms with E-state index in [-0.39, 0.29) is 11.9 Å². The molecule has 2 aromatic heterocycles. The minimum atomic E-state index is -0.0859. The maximum atomic E-state index is 11.9. The number of thiophene rings is 1. The normalized spacial score (nSPS) is 12.9. The van der Waals surface area contributed by atoms with Gasteiger partial charge in [-0.3, -0.25) is 9.48 Å². The predicted octanol–water partition coefficient (Wildman–Crippen LogP) is 2.19. The number of amides is 1. The van der Waals surface area contributed by atoms with Crippen LogP contribution in [0.5, 0.6) is 0 Å². The van der Waals surface area contributed by atoms with Crippen molar-refractivity contribution in [2.24, 2.45) is 5.92 Å². The van der Waals surface area contributed by atoms with E-state index in [0.29, 0.717) is 12.5 Å². The number of hydrogen-bond acceptors (Lipinski definition) is 4. The van der Waals surface area contributed by atoms with E-state index in [1.54, 1.807) is 34.5 Å². The molecule has 0 bridgehead atoms. The number of nitrogens with zero attached hydrogens (tertiary/aromatic N) is 3. The lowest BCUT2D eigenvalue weighted by molar-refractivity contribution is -0.117. The first-order valence-corrected chi connectivity index (χ1v) is 7.39. The van der Waals surface area contributed by atoms with Crippen molar-refractivity contribution >= 4 is 23.3 Å². The van der Waals surface area contributed by atoms with Crippen LogP contribution in [0.2, 0.25) is 0 Å². The summed E-state index contributed by atoms with van der Waals surface area (Å²) in [5.41, 5.74) is 0. The first kappa shape index (κ1) is 14.5. The molecule has 20 heavy (non-hydrogen) atoms. The molecule has 0 saturated heterocycles. The average Bonchev–Trinajstić information content (AvgIpc) is 3.08. The van der Waals surface area contributed by atoms with Gasteiger partial charge >= 0.3 is 0 Å². The molecule has 2 rings (SSSR count). The molecule has 106 valence electrons. The van der Waals surface area contributed by atoms with E-state index in [2.05, 4.69) is 29.5 Å². The fourth-order valence-electron chi connectivity index (χ4n) is 1.73. The van der Waals surface area contributed by atoms with E-state index in [1.165, 1.54) is 0 Å². The summed E-state index contributed by atoms with van der Waals surface area (Å²) in [5, 5.41) is 12.7. The van der Waals surface area contributed by atoms with Crippen LogP contribution in [0, 0.1) is 5.92 Å². The molecule has 1 atom stereocenters. The lowest BCUT2D eigenvalue weighted by Gasteiger charge is -2.21. The molecule has 1 unspecified atom stereocenters. The maximum Gasteiger partial charge on any atom is 0.244 e. The van der Waals surface area contributed by atoms with Crippen LogP contribution in [0.25, 0.3) is 6.08 Å². The standard InChI is InChI=1S/C14H18N4OS/c1-11(2)13(10-18-8-7-15-17-18)16-14(19)6-5-12-4-3-9-20-12/h3-9,11,13H,10H2,1-2H3,(H,16,19). The van der Waals surface area contributed by atoms with Gasteiger partial charge in [-0.15, -0.1) is 16.4 Å². The third-order valence-corrected chi connectivity index (χ3v) is 3.77. The Balaban J connectivity index is 1.92. The second-order valence-electron chi connectivity index (χ2n) is 4.83. The monoisotopic (exact) mass is 290 g/mol. The van der Waals surface area contributed by atoms with Crippen molar-refractivity contribution in [2.75, 3.05) is 0 Å². The van der Waals surface area contributed by atoms with Crippen LogP contribution in [0.15, 0.2) is 36.0 Å². The van der Waals surface area contributed by atoms with Crippen LogP contribution in [0.3, 0.4) is 0 Å². The minimum Gasteiger partial charge on any atom is -0.348 e. The second kappa shape index (κ2) is 7.00. The van der Waals surface area contributed by atoms with Gasteiger partial charge in [-0.1, -0.05) is 25.1 Å². The molecule has 0 aliphatic carbocycles. The molecule has 5 nitrogen and oxygen atoms in total. The molecule has 0 saturated carbocycles. The van der Waals surface area contributed by atoms with Gasteiger partial charge in [0.2, 0.25) is 5.91 Å². The Labute approximate surface area is 122 Å². The molecule has 1 N–H and O–H groups in total. The molecule has 0 spiro atoms. The van der Waals surface area contributed by atoms with Crippen molar-refractivity contribution in [2.45, 2.75) is 26.4 Å². The third-order valence-electron chi connectivity index (χ3n) is 2.93. The Morgan fingerprint density at radius 3 is 3.00 bits per heavy atom. The van der Waals surface area contributed by atoms with Crippen molar-refractivity contribution < 1.29 is 4.79 Å². The van der Waals surface area contributed by atoms with Crippen molar-refractivity contribution in [3.05, 3.63) is 40.9 Å². The fourth-order valence-corrected chi connectivity index (χ4v) is 2.35. The summed E-state index contributed by atoms with van der Waals surface area (Å²) in [7, 11) is 0. The molecule has 0 aliphatic rings. The second-order valence-corrected chi connectivity index (χ2v) is 5.81. The molecule has 2 heterocycles. The van der Waals surface area contributed by atoms with Crippen LogP contribution < -0.4 is 5.32 Å². The highest BCUT2D eigenvalue weighted by Gasteiger charge is 2.15. The van der Waals surface area contributed by atoms with E-state index in [1.807, 2.05) is 23.6 Å². The lowest BCUT2D eigenvalue weighted by Crippen LogP contribution is -2.40.